The van der Waals surface area contributed by atoms with Gasteiger partial charge >= 0.3 is 0 Å². The van der Waals surface area contributed by atoms with E-state index in [9.17, 15) is 0 Å². The third-order valence-electron chi connectivity index (χ3n) is 4.00. The Morgan fingerprint density at radius 1 is 1.04 bits per heavy atom. The first-order valence-corrected chi connectivity index (χ1v) is 9.19. The molecule has 0 N–H and O–H groups in total. The highest BCUT2D eigenvalue weighted by atomic mass is 32.2. The number of benzene rings is 1. The standard InChI is InChI=1S/C19H17N3O4S/c1-11-13(10-27-19-22-17-15(26-19)5-4-8-20-17)21-18(25-11)12-6-7-14(23-2)16(9-12)24-3/h4-9H,10H2,1-3H3. The summed E-state index contributed by atoms with van der Waals surface area (Å²) >= 11 is 1.45. The van der Waals surface area contributed by atoms with Crippen molar-refractivity contribution in [2.24, 2.45) is 0 Å². The van der Waals surface area contributed by atoms with Gasteiger partial charge in [0.05, 0.1) is 19.9 Å². The summed E-state index contributed by atoms with van der Waals surface area (Å²) in [5.41, 5.74) is 2.92. The zero-order valence-electron chi connectivity index (χ0n) is 15.1. The Hall–Kier alpha value is -3.00. The molecule has 7 nitrogen and oxygen atoms in total. The molecule has 27 heavy (non-hydrogen) atoms. The predicted molar refractivity (Wildman–Crippen MR) is 101 cm³/mol. The molecule has 0 radical (unpaired) electrons. The maximum Gasteiger partial charge on any atom is 0.258 e. The van der Waals surface area contributed by atoms with E-state index in [2.05, 4.69) is 15.0 Å². The molecule has 3 aromatic heterocycles. The number of thioether (sulfide) groups is 1. The summed E-state index contributed by atoms with van der Waals surface area (Å²) < 4.78 is 22.1. The van der Waals surface area contributed by atoms with Gasteiger partial charge in [-0.3, -0.25) is 0 Å². The molecule has 0 saturated heterocycles. The molecule has 0 saturated carbocycles. The molecule has 4 rings (SSSR count). The van der Waals surface area contributed by atoms with Crippen LogP contribution in [0.25, 0.3) is 22.7 Å². The molecule has 0 unspecified atom stereocenters. The van der Waals surface area contributed by atoms with Gasteiger partial charge in [-0.2, -0.15) is 4.98 Å². The number of aromatic nitrogens is 3. The fourth-order valence-corrected chi connectivity index (χ4v) is 3.42. The lowest BCUT2D eigenvalue weighted by Crippen LogP contribution is -1.91. The average molecular weight is 383 g/mol. The molecule has 0 fully saturated rings. The monoisotopic (exact) mass is 383 g/mol. The van der Waals surface area contributed by atoms with Gasteiger partial charge < -0.3 is 18.3 Å². The first-order valence-electron chi connectivity index (χ1n) is 8.21. The second kappa shape index (κ2) is 7.32. The molecule has 0 amide bonds. The van der Waals surface area contributed by atoms with Gasteiger partial charge in [-0.05, 0) is 37.3 Å². The van der Waals surface area contributed by atoms with Crippen LogP contribution in [-0.4, -0.2) is 29.2 Å². The zero-order chi connectivity index (χ0) is 18.8. The molecule has 138 valence electrons. The molecule has 0 aliphatic rings. The number of aryl methyl sites for hydroxylation is 1. The van der Waals surface area contributed by atoms with Gasteiger partial charge in [0, 0.05) is 17.5 Å². The summed E-state index contributed by atoms with van der Waals surface area (Å²) in [5, 5.41) is 0.554. The topological polar surface area (TPSA) is 83.4 Å². The van der Waals surface area contributed by atoms with Crippen LogP contribution in [0, 0.1) is 6.92 Å². The van der Waals surface area contributed by atoms with Crippen LogP contribution in [0.3, 0.4) is 0 Å². The second-order valence-electron chi connectivity index (χ2n) is 5.69. The van der Waals surface area contributed by atoms with E-state index in [0.29, 0.717) is 39.6 Å². The highest BCUT2D eigenvalue weighted by Gasteiger charge is 2.15. The lowest BCUT2D eigenvalue weighted by atomic mass is 10.2. The van der Waals surface area contributed by atoms with Crippen molar-refractivity contribution < 1.29 is 18.3 Å². The van der Waals surface area contributed by atoms with E-state index >= 15 is 0 Å². The summed E-state index contributed by atoms with van der Waals surface area (Å²) in [6.45, 7) is 1.89. The smallest absolute Gasteiger partial charge is 0.258 e. The fraction of sp³-hybridized carbons (Fsp3) is 0.211. The molecule has 3 heterocycles. The van der Waals surface area contributed by atoms with Crippen LogP contribution in [0.15, 0.2) is 50.6 Å². The third-order valence-corrected chi connectivity index (χ3v) is 4.84. The van der Waals surface area contributed by atoms with Gasteiger partial charge in [0.1, 0.15) is 5.76 Å². The molecule has 8 heteroatoms. The molecule has 1 aromatic carbocycles. The Balaban J connectivity index is 1.54. The number of ether oxygens (including phenoxy) is 2. The lowest BCUT2D eigenvalue weighted by molar-refractivity contribution is 0.355. The molecule has 0 atom stereocenters. The highest BCUT2D eigenvalue weighted by molar-refractivity contribution is 7.98. The number of methoxy groups -OCH3 is 2. The average Bonchev–Trinajstić information content (AvgIpc) is 3.28. The van der Waals surface area contributed by atoms with Crippen molar-refractivity contribution in [2.45, 2.75) is 17.9 Å². The Bertz CT molecular complexity index is 1060. The van der Waals surface area contributed by atoms with Crippen molar-refractivity contribution in [3.63, 3.8) is 0 Å². The van der Waals surface area contributed by atoms with E-state index in [1.165, 1.54) is 11.8 Å². The largest absolute Gasteiger partial charge is 0.493 e. The van der Waals surface area contributed by atoms with Crippen molar-refractivity contribution >= 4 is 23.0 Å². The summed E-state index contributed by atoms with van der Waals surface area (Å²) in [5.74, 6) is 3.14. The van der Waals surface area contributed by atoms with E-state index < -0.39 is 0 Å². The molecule has 0 aliphatic heterocycles. The van der Waals surface area contributed by atoms with Crippen LogP contribution in [0.5, 0.6) is 11.5 Å². The fourth-order valence-electron chi connectivity index (χ4n) is 2.60. The van der Waals surface area contributed by atoms with Gasteiger partial charge in [0.25, 0.3) is 5.22 Å². The van der Waals surface area contributed by atoms with Crippen LogP contribution >= 0.6 is 11.8 Å². The summed E-state index contributed by atoms with van der Waals surface area (Å²) in [6.07, 6.45) is 1.69. The van der Waals surface area contributed by atoms with Crippen molar-refractivity contribution in [3.05, 3.63) is 48.0 Å². The number of hydrogen-bond donors (Lipinski definition) is 0. The van der Waals surface area contributed by atoms with Crippen molar-refractivity contribution in [2.75, 3.05) is 14.2 Å². The number of rotatable bonds is 6. The van der Waals surface area contributed by atoms with Crippen molar-refractivity contribution in [3.8, 4) is 23.0 Å². The lowest BCUT2D eigenvalue weighted by Gasteiger charge is -2.07. The van der Waals surface area contributed by atoms with E-state index in [0.717, 1.165) is 17.0 Å². The quantitative estimate of drug-likeness (QED) is 0.450. The van der Waals surface area contributed by atoms with Crippen LogP contribution in [0.2, 0.25) is 0 Å². The minimum Gasteiger partial charge on any atom is -0.493 e. The normalized spacial score (nSPS) is 11.1. The summed E-state index contributed by atoms with van der Waals surface area (Å²) in [6, 6.07) is 9.21. The maximum atomic E-state index is 5.84. The van der Waals surface area contributed by atoms with E-state index in [1.54, 1.807) is 20.4 Å². The summed E-state index contributed by atoms with van der Waals surface area (Å²) in [7, 11) is 3.20. The van der Waals surface area contributed by atoms with Crippen LogP contribution in [-0.2, 0) is 5.75 Å². The Morgan fingerprint density at radius 3 is 2.67 bits per heavy atom. The number of oxazole rings is 2. The number of fused-ring (bicyclic) bond motifs is 1. The predicted octanol–water partition coefficient (Wildman–Crippen LogP) is 4.50. The van der Waals surface area contributed by atoms with Crippen molar-refractivity contribution in [1.82, 2.24) is 15.0 Å². The van der Waals surface area contributed by atoms with Crippen LogP contribution < -0.4 is 9.47 Å². The second-order valence-corrected chi connectivity index (χ2v) is 6.61. The first-order chi connectivity index (χ1) is 13.2. The molecular weight excluding hydrogens is 366 g/mol. The van der Waals surface area contributed by atoms with Gasteiger partial charge in [-0.25, -0.2) is 9.97 Å². The molecule has 0 aliphatic carbocycles. The number of hydrogen-bond acceptors (Lipinski definition) is 8. The Morgan fingerprint density at radius 2 is 1.89 bits per heavy atom. The molecule has 0 bridgehead atoms. The molecule has 0 spiro atoms. The molecular formula is C19H17N3O4S. The maximum absolute atomic E-state index is 5.84. The van der Waals surface area contributed by atoms with Gasteiger partial charge in [-0.15, -0.1) is 0 Å². The zero-order valence-corrected chi connectivity index (χ0v) is 15.9. The Kier molecular flexibility index (Phi) is 4.72. The van der Waals surface area contributed by atoms with Crippen molar-refractivity contribution in [1.29, 1.82) is 0 Å². The van der Waals surface area contributed by atoms with E-state index in [1.807, 2.05) is 37.3 Å². The summed E-state index contributed by atoms with van der Waals surface area (Å²) in [4.78, 5) is 13.1. The molecule has 4 aromatic rings. The van der Waals surface area contributed by atoms with Gasteiger partial charge in [0.2, 0.25) is 5.89 Å². The number of pyridine rings is 1. The van der Waals surface area contributed by atoms with Gasteiger partial charge in [-0.1, -0.05) is 11.8 Å². The SMILES string of the molecule is COc1ccc(-c2nc(CSc3nc4ncccc4o3)c(C)o2)cc1OC. The minimum absolute atomic E-state index is 0.531. The third kappa shape index (κ3) is 3.48. The number of nitrogens with zero attached hydrogens (tertiary/aromatic N) is 3. The minimum atomic E-state index is 0.531. The van der Waals surface area contributed by atoms with Crippen LogP contribution in [0.4, 0.5) is 0 Å². The first kappa shape index (κ1) is 17.4. The Labute approximate surface area is 159 Å². The van der Waals surface area contributed by atoms with Crippen LogP contribution in [0.1, 0.15) is 11.5 Å². The highest BCUT2D eigenvalue weighted by Crippen LogP contribution is 2.33. The van der Waals surface area contributed by atoms with E-state index in [4.69, 9.17) is 18.3 Å². The van der Waals surface area contributed by atoms with Gasteiger partial charge in [0.15, 0.2) is 22.7 Å². The van der Waals surface area contributed by atoms with E-state index in [-0.39, 0.29) is 0 Å².